The van der Waals surface area contributed by atoms with E-state index in [0.29, 0.717) is 23.6 Å². The molecule has 1 rings (SSSR count). The lowest BCUT2D eigenvalue weighted by Crippen LogP contribution is -2.37. The number of hydrogen-bond acceptors (Lipinski definition) is 4. The normalized spacial score (nSPS) is 11.7. The summed E-state index contributed by atoms with van der Waals surface area (Å²) >= 11 is 0. The Labute approximate surface area is 119 Å². The Hall–Kier alpha value is -1.96. The monoisotopic (exact) mass is 299 g/mol. The number of urea groups is 1. The van der Waals surface area contributed by atoms with E-state index in [2.05, 4.69) is 15.6 Å². The van der Waals surface area contributed by atoms with Crippen molar-refractivity contribution in [2.45, 2.75) is 13.5 Å². The maximum Gasteiger partial charge on any atom is 0.354 e. The van der Waals surface area contributed by atoms with Crippen LogP contribution in [0.15, 0.2) is 18.3 Å². The summed E-state index contributed by atoms with van der Waals surface area (Å²) in [5.74, 6) is -0.0879. The van der Waals surface area contributed by atoms with Gasteiger partial charge in [0.1, 0.15) is 5.69 Å². The lowest BCUT2D eigenvalue weighted by Gasteiger charge is -2.07. The molecule has 0 bridgehead atoms. The predicted octanol–water partition coefficient (Wildman–Crippen LogP) is 0.348. The van der Waals surface area contributed by atoms with Crippen LogP contribution in [0, 0.1) is 0 Å². The van der Waals surface area contributed by atoms with Gasteiger partial charge in [0.25, 0.3) is 0 Å². The van der Waals surface area contributed by atoms with Crippen molar-refractivity contribution in [3.8, 4) is 0 Å². The molecule has 0 fully saturated rings. The van der Waals surface area contributed by atoms with E-state index in [1.807, 2.05) is 6.92 Å². The molecule has 20 heavy (non-hydrogen) atoms. The van der Waals surface area contributed by atoms with Crippen LogP contribution in [-0.2, 0) is 17.3 Å². The SMILES string of the molecule is CCS(=O)CCNC(=O)NCc1ccc(C(=O)O)nc1. The summed E-state index contributed by atoms with van der Waals surface area (Å²) in [6.45, 7) is 2.42. The number of aromatic carboxylic acids is 1. The average Bonchev–Trinajstić information content (AvgIpc) is 2.45. The lowest BCUT2D eigenvalue weighted by molar-refractivity contribution is 0.0690. The Kier molecular flexibility index (Phi) is 6.65. The quantitative estimate of drug-likeness (QED) is 0.673. The van der Waals surface area contributed by atoms with Crippen LogP contribution in [0.5, 0.6) is 0 Å². The second kappa shape index (κ2) is 8.26. The standard InChI is InChI=1S/C12H17N3O4S/c1-2-20(19)6-5-13-12(18)15-8-9-3-4-10(11(16)17)14-7-9/h3-4,7H,2,5-6,8H2,1H3,(H,16,17)(H2,13,15,18). The summed E-state index contributed by atoms with van der Waals surface area (Å²) in [7, 11) is -0.899. The number of carboxylic acids is 1. The van der Waals surface area contributed by atoms with Crippen LogP contribution in [0.3, 0.4) is 0 Å². The third kappa shape index (κ3) is 5.79. The summed E-state index contributed by atoms with van der Waals surface area (Å²) < 4.78 is 11.1. The molecule has 0 radical (unpaired) electrons. The van der Waals surface area contributed by atoms with Gasteiger partial charge < -0.3 is 15.7 Å². The number of hydrogen-bond donors (Lipinski definition) is 3. The maximum absolute atomic E-state index is 11.4. The Morgan fingerprint density at radius 2 is 2.10 bits per heavy atom. The zero-order valence-corrected chi connectivity index (χ0v) is 11.9. The third-order valence-corrected chi connectivity index (χ3v) is 3.74. The number of carboxylic acid groups (broad SMARTS) is 1. The molecule has 1 aromatic rings. The van der Waals surface area contributed by atoms with E-state index >= 15 is 0 Å². The van der Waals surface area contributed by atoms with E-state index in [4.69, 9.17) is 5.11 Å². The van der Waals surface area contributed by atoms with Gasteiger partial charge in [-0.05, 0) is 11.6 Å². The molecule has 0 spiro atoms. The molecule has 7 nitrogen and oxygen atoms in total. The fraction of sp³-hybridized carbons (Fsp3) is 0.417. The molecule has 1 heterocycles. The molecule has 110 valence electrons. The Morgan fingerprint density at radius 1 is 1.35 bits per heavy atom. The van der Waals surface area contributed by atoms with Gasteiger partial charge in [-0.25, -0.2) is 14.6 Å². The fourth-order valence-corrected chi connectivity index (χ4v) is 1.94. The van der Waals surface area contributed by atoms with Crippen LogP contribution in [0.25, 0.3) is 0 Å². The number of carbonyl (C=O) groups is 2. The minimum absolute atomic E-state index is 0.0414. The van der Waals surface area contributed by atoms with Crippen LogP contribution >= 0.6 is 0 Å². The molecule has 0 aliphatic rings. The molecule has 0 aliphatic heterocycles. The van der Waals surface area contributed by atoms with E-state index in [1.54, 1.807) is 6.07 Å². The minimum Gasteiger partial charge on any atom is -0.477 e. The van der Waals surface area contributed by atoms with Gasteiger partial charge in [0.05, 0.1) is 0 Å². The van der Waals surface area contributed by atoms with Gasteiger partial charge >= 0.3 is 12.0 Å². The van der Waals surface area contributed by atoms with Crippen molar-refractivity contribution >= 4 is 22.8 Å². The second-order valence-corrected chi connectivity index (χ2v) is 5.76. The molecular formula is C12H17N3O4S. The number of aromatic nitrogens is 1. The van der Waals surface area contributed by atoms with Crippen molar-refractivity contribution in [3.63, 3.8) is 0 Å². The fourth-order valence-electron chi connectivity index (χ4n) is 1.32. The van der Waals surface area contributed by atoms with E-state index < -0.39 is 16.8 Å². The predicted molar refractivity (Wildman–Crippen MR) is 75.0 cm³/mol. The Morgan fingerprint density at radius 3 is 2.65 bits per heavy atom. The number of carbonyl (C=O) groups excluding carboxylic acids is 1. The maximum atomic E-state index is 11.4. The van der Waals surface area contributed by atoms with Crippen molar-refractivity contribution < 1.29 is 18.9 Å². The molecule has 1 atom stereocenters. The first-order valence-electron chi connectivity index (χ1n) is 6.07. The topological polar surface area (TPSA) is 108 Å². The number of rotatable bonds is 7. The van der Waals surface area contributed by atoms with Crippen LogP contribution in [0.4, 0.5) is 4.79 Å². The Balaban J connectivity index is 2.30. The molecule has 2 amide bonds. The molecule has 0 aliphatic carbocycles. The van der Waals surface area contributed by atoms with E-state index in [9.17, 15) is 13.8 Å². The first kappa shape index (κ1) is 16.1. The van der Waals surface area contributed by atoms with Gasteiger partial charge in [-0.3, -0.25) is 4.21 Å². The van der Waals surface area contributed by atoms with Crippen molar-refractivity contribution in [1.82, 2.24) is 15.6 Å². The first-order valence-corrected chi connectivity index (χ1v) is 7.56. The molecule has 0 aromatic carbocycles. The minimum atomic E-state index is -1.09. The van der Waals surface area contributed by atoms with Crippen molar-refractivity contribution in [2.24, 2.45) is 0 Å². The zero-order valence-electron chi connectivity index (χ0n) is 11.1. The molecule has 0 saturated heterocycles. The Bertz CT molecular complexity index is 490. The largest absolute Gasteiger partial charge is 0.477 e. The highest BCUT2D eigenvalue weighted by Gasteiger charge is 2.05. The molecule has 8 heteroatoms. The van der Waals surface area contributed by atoms with Gasteiger partial charge in [-0.15, -0.1) is 0 Å². The van der Waals surface area contributed by atoms with Crippen molar-refractivity contribution in [2.75, 3.05) is 18.1 Å². The molecule has 1 unspecified atom stereocenters. The van der Waals surface area contributed by atoms with Gasteiger partial charge in [-0.2, -0.15) is 0 Å². The number of nitrogens with zero attached hydrogens (tertiary/aromatic N) is 1. The van der Waals surface area contributed by atoms with Crippen LogP contribution < -0.4 is 10.6 Å². The smallest absolute Gasteiger partial charge is 0.354 e. The van der Waals surface area contributed by atoms with Crippen molar-refractivity contribution in [1.29, 1.82) is 0 Å². The summed E-state index contributed by atoms with van der Waals surface area (Å²) in [6, 6.07) is 2.60. The average molecular weight is 299 g/mol. The van der Waals surface area contributed by atoms with Crippen LogP contribution in [-0.4, -0.2) is 44.4 Å². The highest BCUT2D eigenvalue weighted by atomic mass is 32.2. The molecule has 3 N–H and O–H groups in total. The van der Waals surface area contributed by atoms with Crippen LogP contribution in [0.2, 0.25) is 0 Å². The highest BCUT2D eigenvalue weighted by Crippen LogP contribution is 1.99. The van der Waals surface area contributed by atoms with Gasteiger partial charge in [0.2, 0.25) is 0 Å². The second-order valence-electron chi connectivity index (χ2n) is 3.90. The highest BCUT2D eigenvalue weighted by molar-refractivity contribution is 7.84. The van der Waals surface area contributed by atoms with Crippen molar-refractivity contribution in [3.05, 3.63) is 29.6 Å². The van der Waals surface area contributed by atoms with Crippen LogP contribution in [0.1, 0.15) is 23.0 Å². The summed E-state index contributed by atoms with van der Waals surface area (Å²) in [4.78, 5) is 25.8. The molecule has 1 aromatic heterocycles. The number of pyridine rings is 1. The van der Waals surface area contributed by atoms with Gasteiger partial charge in [-0.1, -0.05) is 13.0 Å². The van der Waals surface area contributed by atoms with E-state index in [1.165, 1.54) is 12.3 Å². The van der Waals surface area contributed by atoms with E-state index in [-0.39, 0.29) is 18.3 Å². The lowest BCUT2D eigenvalue weighted by atomic mass is 10.2. The third-order valence-electron chi connectivity index (χ3n) is 2.43. The zero-order chi connectivity index (χ0) is 15.0. The summed E-state index contributed by atoms with van der Waals surface area (Å²) in [6.07, 6.45) is 1.40. The molecule has 0 saturated carbocycles. The molecular weight excluding hydrogens is 282 g/mol. The van der Waals surface area contributed by atoms with Gasteiger partial charge in [0.15, 0.2) is 0 Å². The summed E-state index contributed by atoms with van der Waals surface area (Å²) in [5, 5.41) is 13.9. The first-order chi connectivity index (χ1) is 9.52. The van der Waals surface area contributed by atoms with Gasteiger partial charge in [0, 0.05) is 41.6 Å². The number of nitrogens with one attached hydrogen (secondary N) is 2. The van der Waals surface area contributed by atoms with E-state index in [0.717, 1.165) is 0 Å². The number of amides is 2. The summed E-state index contributed by atoms with van der Waals surface area (Å²) in [5.41, 5.74) is 0.655.